The van der Waals surface area contributed by atoms with E-state index >= 15 is 0 Å². The van der Waals surface area contributed by atoms with Crippen LogP contribution in [0.5, 0.6) is 0 Å². The van der Waals surface area contributed by atoms with Crippen molar-refractivity contribution in [1.82, 2.24) is 4.31 Å². The van der Waals surface area contributed by atoms with Crippen molar-refractivity contribution in [2.45, 2.75) is 25.2 Å². The van der Waals surface area contributed by atoms with Gasteiger partial charge in [-0.05, 0) is 55.3 Å². The van der Waals surface area contributed by atoms with E-state index in [4.69, 9.17) is 4.74 Å². The first-order chi connectivity index (χ1) is 14.7. The first kappa shape index (κ1) is 22.8. The maximum Gasteiger partial charge on any atom is 0.292 e. The number of carbonyl (C=O) groups excluding carboxylic acids is 3. The van der Waals surface area contributed by atoms with E-state index in [1.54, 1.807) is 18.2 Å². The highest BCUT2D eigenvalue weighted by Gasteiger charge is 2.26. The molecule has 1 aliphatic heterocycles. The molecular formula is C22H24N2O6S. The Morgan fingerprint density at radius 1 is 0.968 bits per heavy atom. The van der Waals surface area contributed by atoms with E-state index in [9.17, 15) is 22.8 Å². The van der Waals surface area contributed by atoms with Crippen molar-refractivity contribution in [2.24, 2.45) is 0 Å². The number of carbonyl (C=O) groups is 3. The Bertz CT molecular complexity index is 1100. The summed E-state index contributed by atoms with van der Waals surface area (Å²) in [6.45, 7) is 5.03. The van der Waals surface area contributed by atoms with Crippen molar-refractivity contribution in [2.75, 3.05) is 31.6 Å². The van der Waals surface area contributed by atoms with Crippen LogP contribution in [0.1, 0.15) is 27.9 Å². The van der Waals surface area contributed by atoms with Crippen molar-refractivity contribution >= 4 is 33.2 Å². The quantitative estimate of drug-likeness (QED) is 0.398. The van der Waals surface area contributed by atoms with Crippen LogP contribution in [0.4, 0.5) is 5.69 Å². The second kappa shape index (κ2) is 9.51. The van der Waals surface area contributed by atoms with Gasteiger partial charge in [0.1, 0.15) is 0 Å². The second-order valence-electron chi connectivity index (χ2n) is 7.32. The molecule has 1 N–H and O–H groups in total. The van der Waals surface area contributed by atoms with Gasteiger partial charge in [0.15, 0.2) is 5.78 Å². The zero-order chi connectivity index (χ0) is 22.6. The Morgan fingerprint density at radius 2 is 1.61 bits per heavy atom. The predicted molar refractivity (Wildman–Crippen MR) is 115 cm³/mol. The molecule has 1 saturated heterocycles. The zero-order valence-corrected chi connectivity index (χ0v) is 18.2. The van der Waals surface area contributed by atoms with E-state index < -0.39 is 33.9 Å². The van der Waals surface area contributed by atoms with Gasteiger partial charge in [-0.2, -0.15) is 4.31 Å². The minimum Gasteiger partial charge on any atom is -0.379 e. The summed E-state index contributed by atoms with van der Waals surface area (Å²) in [7, 11) is -3.65. The second-order valence-corrected chi connectivity index (χ2v) is 9.26. The van der Waals surface area contributed by atoms with Gasteiger partial charge in [0.2, 0.25) is 15.8 Å². The lowest BCUT2D eigenvalue weighted by Gasteiger charge is -2.26. The van der Waals surface area contributed by atoms with Gasteiger partial charge in [-0.3, -0.25) is 14.4 Å². The molecule has 0 bridgehead atoms. The largest absolute Gasteiger partial charge is 0.379 e. The number of nitrogens with zero attached hydrogens (tertiary/aromatic N) is 1. The molecule has 2 aromatic carbocycles. The monoisotopic (exact) mass is 444 g/mol. The number of amides is 1. The molecule has 2 aromatic rings. The first-order valence-corrected chi connectivity index (χ1v) is 11.2. The number of benzene rings is 2. The van der Waals surface area contributed by atoms with E-state index in [0.717, 1.165) is 11.1 Å². The van der Waals surface area contributed by atoms with Crippen LogP contribution in [0.25, 0.3) is 0 Å². The van der Waals surface area contributed by atoms with Gasteiger partial charge in [0.25, 0.3) is 5.91 Å². The number of rotatable bonds is 7. The summed E-state index contributed by atoms with van der Waals surface area (Å²) in [5.74, 6) is -2.23. The van der Waals surface area contributed by atoms with Crippen LogP contribution in [0.2, 0.25) is 0 Å². The van der Waals surface area contributed by atoms with Gasteiger partial charge in [-0.1, -0.05) is 12.1 Å². The molecule has 1 fully saturated rings. The van der Waals surface area contributed by atoms with Crippen LogP contribution in [-0.2, 0) is 24.3 Å². The third-order valence-corrected chi connectivity index (χ3v) is 7.04. The Balaban J connectivity index is 1.61. The van der Waals surface area contributed by atoms with E-state index in [0.29, 0.717) is 18.8 Å². The fourth-order valence-electron chi connectivity index (χ4n) is 3.09. The molecule has 1 aliphatic rings. The first-order valence-electron chi connectivity index (χ1n) is 9.81. The van der Waals surface area contributed by atoms with Gasteiger partial charge in [0.05, 0.1) is 24.5 Å². The van der Waals surface area contributed by atoms with E-state index in [-0.39, 0.29) is 23.7 Å². The highest BCUT2D eigenvalue weighted by molar-refractivity contribution is 7.89. The molecule has 164 valence electrons. The molecule has 0 spiro atoms. The average Bonchev–Trinajstić information content (AvgIpc) is 2.76. The lowest BCUT2D eigenvalue weighted by atomic mass is 10.0. The summed E-state index contributed by atoms with van der Waals surface area (Å²) in [6.07, 6.45) is -0.544. The molecule has 31 heavy (non-hydrogen) atoms. The molecule has 0 aromatic heterocycles. The summed E-state index contributed by atoms with van der Waals surface area (Å²) >= 11 is 0. The van der Waals surface area contributed by atoms with Gasteiger partial charge in [-0.25, -0.2) is 8.42 Å². The highest BCUT2D eigenvalue weighted by Crippen LogP contribution is 2.19. The van der Waals surface area contributed by atoms with Crippen LogP contribution in [0.15, 0.2) is 47.4 Å². The molecule has 8 nitrogen and oxygen atoms in total. The lowest BCUT2D eigenvalue weighted by Crippen LogP contribution is -2.40. The maximum atomic E-state index is 12.6. The fourth-order valence-corrected chi connectivity index (χ4v) is 4.50. The standard InChI is InChI=1S/C22H24N2O6S/c1-15-3-4-17(13-16(15)2)20(25)14-21(26)22(27)23-18-5-7-19(8-6-18)31(28,29)24-9-11-30-12-10-24/h3-8,13H,9-12,14H2,1-2H3,(H,23,27). The van der Waals surface area contributed by atoms with Crippen LogP contribution < -0.4 is 5.32 Å². The lowest BCUT2D eigenvalue weighted by molar-refractivity contribution is -0.134. The molecular weight excluding hydrogens is 420 g/mol. The smallest absolute Gasteiger partial charge is 0.292 e. The van der Waals surface area contributed by atoms with Crippen LogP contribution >= 0.6 is 0 Å². The molecule has 3 rings (SSSR count). The van der Waals surface area contributed by atoms with E-state index in [1.165, 1.54) is 28.6 Å². The third kappa shape index (κ3) is 5.43. The van der Waals surface area contributed by atoms with Crippen molar-refractivity contribution in [3.63, 3.8) is 0 Å². The number of nitrogens with one attached hydrogen (secondary N) is 1. The molecule has 0 saturated carbocycles. The Kier molecular flexibility index (Phi) is 6.99. The number of morpholine rings is 1. The number of hydrogen-bond donors (Lipinski definition) is 1. The topological polar surface area (TPSA) is 110 Å². The molecule has 0 atom stereocenters. The zero-order valence-electron chi connectivity index (χ0n) is 17.4. The molecule has 1 heterocycles. The number of hydrogen-bond acceptors (Lipinski definition) is 6. The average molecular weight is 445 g/mol. The van der Waals surface area contributed by atoms with Crippen molar-refractivity contribution < 1.29 is 27.5 Å². The van der Waals surface area contributed by atoms with Crippen LogP contribution in [-0.4, -0.2) is 56.5 Å². The normalized spacial score (nSPS) is 14.8. The third-order valence-electron chi connectivity index (χ3n) is 5.12. The van der Waals surface area contributed by atoms with E-state index in [1.807, 2.05) is 13.8 Å². The summed E-state index contributed by atoms with van der Waals surface area (Å²) in [6, 6.07) is 10.7. The molecule has 1 amide bonds. The van der Waals surface area contributed by atoms with Crippen molar-refractivity contribution in [3.05, 3.63) is 59.2 Å². The summed E-state index contributed by atoms with van der Waals surface area (Å²) < 4.78 is 31.8. The summed E-state index contributed by atoms with van der Waals surface area (Å²) in [5, 5.41) is 2.41. The Labute approximate surface area is 181 Å². The number of Topliss-reactive ketones (excluding diaryl/α,β-unsaturated/α-hetero) is 2. The van der Waals surface area contributed by atoms with E-state index in [2.05, 4.69) is 5.32 Å². The summed E-state index contributed by atoms with van der Waals surface area (Å²) in [4.78, 5) is 36.7. The molecule has 0 radical (unpaired) electrons. The fraction of sp³-hybridized carbons (Fsp3) is 0.318. The highest BCUT2D eigenvalue weighted by atomic mass is 32.2. The number of ether oxygens (including phenoxy) is 1. The number of sulfonamides is 1. The number of aryl methyl sites for hydroxylation is 2. The minimum absolute atomic E-state index is 0.0867. The molecule has 9 heteroatoms. The van der Waals surface area contributed by atoms with Crippen LogP contribution in [0.3, 0.4) is 0 Å². The SMILES string of the molecule is Cc1ccc(C(=O)CC(=O)C(=O)Nc2ccc(S(=O)(=O)N3CCOCC3)cc2)cc1C. The molecule has 0 aliphatic carbocycles. The van der Waals surface area contributed by atoms with Crippen molar-refractivity contribution in [1.29, 1.82) is 0 Å². The Morgan fingerprint density at radius 3 is 2.23 bits per heavy atom. The Hall–Kier alpha value is -2.88. The predicted octanol–water partition coefficient (Wildman–Crippen LogP) is 2.10. The minimum atomic E-state index is -3.65. The number of anilines is 1. The molecule has 0 unspecified atom stereocenters. The van der Waals surface area contributed by atoms with Gasteiger partial charge < -0.3 is 10.1 Å². The van der Waals surface area contributed by atoms with Crippen LogP contribution in [0, 0.1) is 13.8 Å². The number of ketones is 2. The van der Waals surface area contributed by atoms with Crippen molar-refractivity contribution in [3.8, 4) is 0 Å². The van der Waals surface area contributed by atoms with Gasteiger partial charge in [-0.15, -0.1) is 0 Å². The van der Waals surface area contributed by atoms with Gasteiger partial charge in [0, 0.05) is 24.3 Å². The summed E-state index contributed by atoms with van der Waals surface area (Å²) in [5.41, 5.74) is 2.59. The van der Waals surface area contributed by atoms with Gasteiger partial charge >= 0.3 is 0 Å². The maximum absolute atomic E-state index is 12.6.